The van der Waals surface area contributed by atoms with Crippen LogP contribution in [0.2, 0.25) is 0 Å². The summed E-state index contributed by atoms with van der Waals surface area (Å²) in [7, 11) is 1.63. The van der Waals surface area contributed by atoms with Crippen LogP contribution >= 0.6 is 0 Å². The van der Waals surface area contributed by atoms with Crippen LogP contribution in [0.25, 0.3) is 0 Å². The Labute approximate surface area is 120 Å². The van der Waals surface area contributed by atoms with Crippen molar-refractivity contribution in [2.45, 2.75) is 26.7 Å². The van der Waals surface area contributed by atoms with Crippen LogP contribution in [0.1, 0.15) is 26.7 Å². The van der Waals surface area contributed by atoms with E-state index in [-0.39, 0.29) is 11.2 Å². The number of hydrogen-bond donors (Lipinski definition) is 0. The van der Waals surface area contributed by atoms with Gasteiger partial charge in [-0.3, -0.25) is 4.79 Å². The van der Waals surface area contributed by atoms with Crippen molar-refractivity contribution in [3.8, 4) is 0 Å². The SMILES string of the molecule is C=C1C(=O)C=C2C[C@H]3CC(C)=C(COCOC)[C@H]3[C@]12C. The van der Waals surface area contributed by atoms with Gasteiger partial charge in [0.2, 0.25) is 0 Å². The summed E-state index contributed by atoms with van der Waals surface area (Å²) in [6.45, 7) is 9.37. The normalized spacial score (nSPS) is 35.6. The second kappa shape index (κ2) is 4.68. The van der Waals surface area contributed by atoms with Crippen molar-refractivity contribution in [2.75, 3.05) is 20.5 Å². The van der Waals surface area contributed by atoms with Crippen molar-refractivity contribution in [3.63, 3.8) is 0 Å². The number of rotatable bonds is 4. The summed E-state index contributed by atoms with van der Waals surface area (Å²) < 4.78 is 10.6. The summed E-state index contributed by atoms with van der Waals surface area (Å²) in [4.78, 5) is 12.0. The van der Waals surface area contributed by atoms with Crippen LogP contribution in [-0.2, 0) is 14.3 Å². The molecule has 0 aliphatic heterocycles. The highest BCUT2D eigenvalue weighted by Crippen LogP contribution is 2.64. The molecule has 0 aromatic carbocycles. The average Bonchev–Trinajstić information content (AvgIpc) is 2.92. The van der Waals surface area contributed by atoms with E-state index in [9.17, 15) is 4.79 Å². The number of carbonyl (C=O) groups is 1. The molecule has 1 saturated carbocycles. The summed E-state index contributed by atoms with van der Waals surface area (Å²) >= 11 is 0. The van der Waals surface area contributed by atoms with E-state index in [0.717, 1.165) is 18.4 Å². The van der Waals surface area contributed by atoms with E-state index in [1.54, 1.807) is 7.11 Å². The molecule has 3 nitrogen and oxygen atoms in total. The third kappa shape index (κ3) is 1.69. The molecule has 0 radical (unpaired) electrons. The monoisotopic (exact) mass is 274 g/mol. The molecule has 3 aliphatic rings. The minimum Gasteiger partial charge on any atom is -0.359 e. The number of allylic oxidation sites excluding steroid dienone is 4. The average molecular weight is 274 g/mol. The van der Waals surface area contributed by atoms with E-state index in [1.165, 1.54) is 16.7 Å². The molecule has 0 unspecified atom stereocenters. The summed E-state index contributed by atoms with van der Waals surface area (Å²) in [6.07, 6.45) is 3.96. The molecule has 3 rings (SSSR count). The number of carbonyl (C=O) groups excluding carboxylic acids is 1. The molecule has 0 spiro atoms. The van der Waals surface area contributed by atoms with Gasteiger partial charge in [-0.15, -0.1) is 0 Å². The summed E-state index contributed by atoms with van der Waals surface area (Å²) in [6, 6.07) is 0. The minimum atomic E-state index is -0.175. The number of hydrogen-bond acceptors (Lipinski definition) is 3. The van der Waals surface area contributed by atoms with Crippen molar-refractivity contribution >= 4 is 5.78 Å². The smallest absolute Gasteiger partial charge is 0.182 e. The Balaban J connectivity index is 1.91. The van der Waals surface area contributed by atoms with Crippen molar-refractivity contribution in [1.29, 1.82) is 0 Å². The van der Waals surface area contributed by atoms with Gasteiger partial charge in [0, 0.05) is 18.1 Å². The fourth-order valence-corrected chi connectivity index (χ4v) is 4.44. The first-order valence-electron chi connectivity index (χ1n) is 7.20. The van der Waals surface area contributed by atoms with Crippen LogP contribution in [0.15, 0.2) is 34.9 Å². The van der Waals surface area contributed by atoms with Crippen LogP contribution < -0.4 is 0 Å². The number of fused-ring (bicyclic) bond motifs is 3. The molecule has 0 bridgehead atoms. The zero-order valence-corrected chi connectivity index (χ0v) is 12.5. The molecule has 20 heavy (non-hydrogen) atoms. The molecule has 0 amide bonds. The molecule has 0 saturated heterocycles. The topological polar surface area (TPSA) is 35.5 Å². The van der Waals surface area contributed by atoms with E-state index < -0.39 is 0 Å². The van der Waals surface area contributed by atoms with Crippen molar-refractivity contribution in [2.24, 2.45) is 17.3 Å². The summed E-state index contributed by atoms with van der Waals surface area (Å²) in [5, 5.41) is 0. The Hall–Kier alpha value is -1.19. The van der Waals surface area contributed by atoms with Gasteiger partial charge < -0.3 is 9.47 Å². The highest BCUT2D eigenvalue weighted by atomic mass is 16.7. The largest absolute Gasteiger partial charge is 0.359 e. The Bertz CT molecular complexity index is 540. The van der Waals surface area contributed by atoms with Gasteiger partial charge in [-0.2, -0.15) is 0 Å². The van der Waals surface area contributed by atoms with Gasteiger partial charge in [-0.05, 0) is 43.3 Å². The van der Waals surface area contributed by atoms with Crippen LogP contribution in [0.5, 0.6) is 0 Å². The molecule has 3 heteroatoms. The molecule has 0 N–H and O–H groups in total. The molecule has 3 aliphatic carbocycles. The Morgan fingerprint density at radius 2 is 2.20 bits per heavy atom. The van der Waals surface area contributed by atoms with Crippen molar-refractivity contribution in [3.05, 3.63) is 34.9 Å². The zero-order valence-electron chi connectivity index (χ0n) is 12.5. The molecule has 3 atom stereocenters. The number of ketones is 1. The van der Waals surface area contributed by atoms with Crippen LogP contribution in [0.4, 0.5) is 0 Å². The molecule has 0 aromatic rings. The maximum Gasteiger partial charge on any atom is 0.182 e. The van der Waals surface area contributed by atoms with Gasteiger partial charge in [-0.25, -0.2) is 0 Å². The number of methoxy groups -OCH3 is 1. The molecular formula is C17H22O3. The van der Waals surface area contributed by atoms with Gasteiger partial charge in [0.1, 0.15) is 6.79 Å². The predicted molar refractivity (Wildman–Crippen MR) is 77.1 cm³/mol. The summed E-state index contributed by atoms with van der Waals surface area (Å²) in [5.41, 5.74) is 4.64. The van der Waals surface area contributed by atoms with E-state index in [1.807, 2.05) is 6.08 Å². The third-order valence-corrected chi connectivity index (χ3v) is 5.42. The first-order chi connectivity index (χ1) is 9.50. The molecule has 0 heterocycles. The fraction of sp³-hybridized carbons (Fsp3) is 0.588. The third-order valence-electron chi connectivity index (χ3n) is 5.42. The lowest BCUT2D eigenvalue weighted by Gasteiger charge is -2.32. The first kappa shape index (κ1) is 13.8. The van der Waals surface area contributed by atoms with E-state index in [2.05, 4.69) is 20.4 Å². The highest BCUT2D eigenvalue weighted by molar-refractivity contribution is 6.09. The maximum absolute atomic E-state index is 12.0. The van der Waals surface area contributed by atoms with Gasteiger partial charge >= 0.3 is 0 Å². The zero-order chi connectivity index (χ0) is 14.5. The van der Waals surface area contributed by atoms with Crippen molar-refractivity contribution < 1.29 is 14.3 Å². The second-order valence-electron chi connectivity index (χ2n) is 6.42. The van der Waals surface area contributed by atoms with Crippen LogP contribution in [0, 0.1) is 17.3 Å². The quantitative estimate of drug-likeness (QED) is 0.342. The fourth-order valence-electron chi connectivity index (χ4n) is 4.44. The number of ether oxygens (including phenoxy) is 2. The lowest BCUT2D eigenvalue weighted by molar-refractivity contribution is -0.111. The van der Waals surface area contributed by atoms with Gasteiger partial charge in [-0.1, -0.05) is 24.6 Å². The molecular weight excluding hydrogens is 252 g/mol. The first-order valence-corrected chi connectivity index (χ1v) is 7.20. The standard InChI is InChI=1S/C17H22O3/c1-10-5-12-6-13-7-15(18)11(2)17(13,3)16(12)14(10)8-20-9-19-4/h7,12,16H,2,5-6,8-9H2,1,3-4H3/t12-,16+,17-/m1/s1. The summed E-state index contributed by atoms with van der Waals surface area (Å²) in [5.74, 6) is 1.10. The Morgan fingerprint density at radius 1 is 1.45 bits per heavy atom. The predicted octanol–water partition coefficient (Wildman–Crippen LogP) is 3.03. The van der Waals surface area contributed by atoms with Gasteiger partial charge in [0.25, 0.3) is 0 Å². The molecule has 108 valence electrons. The highest BCUT2D eigenvalue weighted by Gasteiger charge is 2.57. The van der Waals surface area contributed by atoms with Crippen molar-refractivity contribution in [1.82, 2.24) is 0 Å². The second-order valence-corrected chi connectivity index (χ2v) is 6.42. The maximum atomic E-state index is 12.0. The molecule has 1 fully saturated rings. The van der Waals surface area contributed by atoms with E-state index in [4.69, 9.17) is 9.47 Å². The minimum absolute atomic E-state index is 0.114. The Kier molecular flexibility index (Phi) is 3.22. The van der Waals surface area contributed by atoms with E-state index >= 15 is 0 Å². The lowest BCUT2D eigenvalue weighted by atomic mass is 9.71. The van der Waals surface area contributed by atoms with Crippen LogP contribution in [0.3, 0.4) is 0 Å². The Morgan fingerprint density at radius 3 is 2.90 bits per heavy atom. The van der Waals surface area contributed by atoms with E-state index in [0.29, 0.717) is 25.2 Å². The van der Waals surface area contributed by atoms with Gasteiger partial charge in [0.15, 0.2) is 5.78 Å². The van der Waals surface area contributed by atoms with Gasteiger partial charge in [0.05, 0.1) is 6.61 Å². The van der Waals surface area contributed by atoms with Crippen LogP contribution in [-0.4, -0.2) is 26.3 Å². The lowest BCUT2D eigenvalue weighted by Crippen LogP contribution is -2.29. The molecule has 0 aromatic heterocycles.